The Hall–Kier alpha value is -0.980. The molecule has 1 rings (SSSR count). The molecular weight excluding hydrogens is 245 g/mol. The van der Waals surface area contributed by atoms with E-state index < -0.39 is 15.8 Å². The Morgan fingerprint density at radius 2 is 2.12 bits per heavy atom. The summed E-state index contributed by atoms with van der Waals surface area (Å²) < 4.78 is 39.0. The number of aliphatic hydroxyl groups excluding tert-OH is 1. The number of sulfonamides is 1. The molecule has 4 nitrogen and oxygen atoms in total. The molecule has 0 aliphatic carbocycles. The van der Waals surface area contributed by atoms with Gasteiger partial charge in [-0.25, -0.2) is 17.5 Å². The van der Waals surface area contributed by atoms with E-state index in [1.807, 2.05) is 0 Å². The van der Waals surface area contributed by atoms with Crippen LogP contribution < -0.4 is 4.72 Å². The van der Waals surface area contributed by atoms with E-state index in [0.29, 0.717) is 0 Å². The second-order valence-electron chi connectivity index (χ2n) is 4.05. The number of hydrogen-bond donors (Lipinski definition) is 2. The minimum absolute atomic E-state index is 0.0292. The first-order valence-electron chi connectivity index (χ1n) is 5.23. The van der Waals surface area contributed by atoms with Gasteiger partial charge in [0, 0.05) is 13.2 Å². The first-order chi connectivity index (χ1) is 7.86. The van der Waals surface area contributed by atoms with Gasteiger partial charge in [-0.1, -0.05) is 6.92 Å². The number of nitrogens with one attached hydrogen (secondary N) is 1. The molecule has 96 valence electrons. The van der Waals surface area contributed by atoms with Crippen molar-refractivity contribution in [3.8, 4) is 0 Å². The van der Waals surface area contributed by atoms with Crippen LogP contribution in [0.4, 0.5) is 4.39 Å². The second-order valence-corrected chi connectivity index (χ2v) is 5.82. The Morgan fingerprint density at radius 3 is 2.65 bits per heavy atom. The molecule has 2 N–H and O–H groups in total. The van der Waals surface area contributed by atoms with E-state index in [1.54, 1.807) is 6.92 Å². The van der Waals surface area contributed by atoms with E-state index in [-0.39, 0.29) is 29.5 Å². The Labute approximate surface area is 101 Å². The van der Waals surface area contributed by atoms with Gasteiger partial charge in [-0.2, -0.15) is 0 Å². The van der Waals surface area contributed by atoms with Crippen LogP contribution >= 0.6 is 0 Å². The minimum Gasteiger partial charge on any atom is -0.396 e. The van der Waals surface area contributed by atoms with Crippen LogP contribution in [0.25, 0.3) is 0 Å². The second kappa shape index (κ2) is 5.57. The number of halogens is 1. The highest BCUT2D eigenvalue weighted by Gasteiger charge is 2.15. The fraction of sp³-hybridized carbons (Fsp3) is 0.455. The summed E-state index contributed by atoms with van der Waals surface area (Å²) in [6.45, 7) is 3.28. The van der Waals surface area contributed by atoms with Crippen LogP contribution in [-0.2, 0) is 10.0 Å². The van der Waals surface area contributed by atoms with E-state index in [4.69, 9.17) is 5.11 Å². The molecular formula is C11H16FNO3S. The highest BCUT2D eigenvalue weighted by atomic mass is 32.2. The zero-order valence-corrected chi connectivity index (χ0v) is 10.6. The zero-order chi connectivity index (χ0) is 13.1. The average molecular weight is 261 g/mol. The van der Waals surface area contributed by atoms with E-state index in [0.717, 1.165) is 6.07 Å². The lowest BCUT2D eigenvalue weighted by molar-refractivity contribution is 0.238. The summed E-state index contributed by atoms with van der Waals surface area (Å²) in [5, 5.41) is 8.80. The quantitative estimate of drug-likeness (QED) is 0.832. The molecule has 0 aromatic heterocycles. The summed E-state index contributed by atoms with van der Waals surface area (Å²) in [5.74, 6) is -0.598. The van der Waals surface area contributed by atoms with Gasteiger partial charge in [0.1, 0.15) is 5.82 Å². The summed E-state index contributed by atoms with van der Waals surface area (Å²) in [4.78, 5) is 0.0292. The number of hydrogen-bond acceptors (Lipinski definition) is 3. The highest BCUT2D eigenvalue weighted by Crippen LogP contribution is 2.14. The molecule has 0 fully saturated rings. The van der Waals surface area contributed by atoms with Gasteiger partial charge in [0.2, 0.25) is 10.0 Å². The summed E-state index contributed by atoms with van der Waals surface area (Å²) >= 11 is 0. The molecule has 0 aliphatic heterocycles. The summed E-state index contributed by atoms with van der Waals surface area (Å²) in [6.07, 6.45) is 0. The van der Waals surface area contributed by atoms with Gasteiger partial charge in [-0.3, -0.25) is 0 Å². The van der Waals surface area contributed by atoms with Gasteiger partial charge in [-0.05, 0) is 36.6 Å². The van der Waals surface area contributed by atoms with Crippen molar-refractivity contribution in [3.05, 3.63) is 29.6 Å². The van der Waals surface area contributed by atoms with Gasteiger partial charge in [0.25, 0.3) is 0 Å². The largest absolute Gasteiger partial charge is 0.396 e. The third-order valence-electron chi connectivity index (χ3n) is 2.37. The van der Waals surface area contributed by atoms with Crippen molar-refractivity contribution in [1.29, 1.82) is 0 Å². The minimum atomic E-state index is -3.63. The van der Waals surface area contributed by atoms with Gasteiger partial charge >= 0.3 is 0 Å². The maximum Gasteiger partial charge on any atom is 0.240 e. The molecule has 0 heterocycles. The van der Waals surface area contributed by atoms with Crippen LogP contribution in [0, 0.1) is 18.7 Å². The molecule has 0 aliphatic rings. The number of rotatable bonds is 5. The molecule has 6 heteroatoms. The van der Waals surface area contributed by atoms with Crippen LogP contribution in [0.5, 0.6) is 0 Å². The summed E-state index contributed by atoms with van der Waals surface area (Å²) in [5.41, 5.74) is 0.281. The van der Waals surface area contributed by atoms with Gasteiger partial charge < -0.3 is 5.11 Å². The van der Waals surface area contributed by atoms with Crippen LogP contribution in [0.3, 0.4) is 0 Å². The van der Waals surface area contributed by atoms with Crippen molar-refractivity contribution in [2.45, 2.75) is 18.7 Å². The fourth-order valence-electron chi connectivity index (χ4n) is 1.18. The molecule has 1 aromatic carbocycles. The van der Waals surface area contributed by atoms with Crippen molar-refractivity contribution < 1.29 is 17.9 Å². The predicted octanol–water partition coefficient (Wildman–Crippen LogP) is 1.04. The lowest BCUT2D eigenvalue weighted by Crippen LogP contribution is -2.29. The standard InChI is InChI=1S/C11H16FNO3S/c1-8(7-14)6-13-17(15,16)10-3-4-11(12)9(2)5-10/h3-5,8,13-14H,6-7H2,1-2H3. The van der Waals surface area contributed by atoms with Gasteiger partial charge in [-0.15, -0.1) is 0 Å². The molecule has 0 saturated heterocycles. The lowest BCUT2D eigenvalue weighted by atomic mass is 10.2. The van der Waals surface area contributed by atoms with Gasteiger partial charge in [0.05, 0.1) is 4.90 Å². The summed E-state index contributed by atoms with van der Waals surface area (Å²) in [6, 6.07) is 3.62. The van der Waals surface area contributed by atoms with Crippen LogP contribution in [-0.4, -0.2) is 26.7 Å². The van der Waals surface area contributed by atoms with E-state index in [2.05, 4.69) is 4.72 Å². The Bertz CT molecular complexity index is 487. The topological polar surface area (TPSA) is 66.4 Å². The lowest BCUT2D eigenvalue weighted by Gasteiger charge is -2.10. The van der Waals surface area contributed by atoms with Crippen LogP contribution in [0.1, 0.15) is 12.5 Å². The molecule has 0 spiro atoms. The molecule has 0 radical (unpaired) electrons. The monoisotopic (exact) mass is 261 g/mol. The number of aliphatic hydroxyl groups is 1. The van der Waals surface area contributed by atoms with Crippen molar-refractivity contribution in [3.63, 3.8) is 0 Å². The Balaban J connectivity index is 2.86. The molecule has 1 aromatic rings. The maximum atomic E-state index is 13.0. The fourth-order valence-corrected chi connectivity index (χ4v) is 2.43. The maximum absolute atomic E-state index is 13.0. The van der Waals surface area contributed by atoms with E-state index in [9.17, 15) is 12.8 Å². The molecule has 0 saturated carbocycles. The molecule has 0 bridgehead atoms. The Kier molecular flexibility index (Phi) is 4.62. The normalized spacial score (nSPS) is 13.6. The highest BCUT2D eigenvalue weighted by molar-refractivity contribution is 7.89. The van der Waals surface area contributed by atoms with Crippen molar-refractivity contribution in [2.75, 3.05) is 13.2 Å². The van der Waals surface area contributed by atoms with Crippen molar-refractivity contribution >= 4 is 10.0 Å². The number of aryl methyl sites for hydroxylation is 1. The SMILES string of the molecule is Cc1cc(S(=O)(=O)NCC(C)CO)ccc1F. The molecule has 1 unspecified atom stereocenters. The van der Waals surface area contributed by atoms with Crippen molar-refractivity contribution in [1.82, 2.24) is 4.72 Å². The van der Waals surface area contributed by atoms with Gasteiger partial charge in [0.15, 0.2) is 0 Å². The first kappa shape index (κ1) is 14.1. The first-order valence-corrected chi connectivity index (χ1v) is 6.72. The van der Waals surface area contributed by atoms with Crippen LogP contribution in [0.2, 0.25) is 0 Å². The molecule has 17 heavy (non-hydrogen) atoms. The average Bonchev–Trinajstić information content (AvgIpc) is 2.29. The smallest absolute Gasteiger partial charge is 0.240 e. The van der Waals surface area contributed by atoms with E-state index in [1.165, 1.54) is 19.1 Å². The third-order valence-corrected chi connectivity index (χ3v) is 3.79. The predicted molar refractivity (Wildman–Crippen MR) is 62.6 cm³/mol. The third kappa shape index (κ3) is 3.76. The van der Waals surface area contributed by atoms with Crippen LogP contribution in [0.15, 0.2) is 23.1 Å². The molecule has 0 amide bonds. The summed E-state index contributed by atoms with van der Waals surface area (Å²) in [7, 11) is -3.63. The van der Waals surface area contributed by atoms with Crippen molar-refractivity contribution in [2.24, 2.45) is 5.92 Å². The number of benzene rings is 1. The Morgan fingerprint density at radius 1 is 1.47 bits per heavy atom. The molecule has 1 atom stereocenters. The van der Waals surface area contributed by atoms with E-state index >= 15 is 0 Å². The zero-order valence-electron chi connectivity index (χ0n) is 9.77.